The van der Waals surface area contributed by atoms with E-state index in [9.17, 15) is 26.0 Å². The van der Waals surface area contributed by atoms with Gasteiger partial charge in [0.25, 0.3) is 0 Å². The molecular formula is C21H18F4N6O2S. The molecule has 13 heteroatoms. The number of aryl methyl sites for hydroxylation is 2. The largest absolute Gasteiger partial charge is 0.416 e. The van der Waals surface area contributed by atoms with Crippen molar-refractivity contribution in [3.05, 3.63) is 65.1 Å². The predicted molar refractivity (Wildman–Crippen MR) is 116 cm³/mol. The van der Waals surface area contributed by atoms with Gasteiger partial charge in [-0.05, 0) is 54.8 Å². The van der Waals surface area contributed by atoms with Crippen LogP contribution in [-0.4, -0.2) is 18.4 Å². The van der Waals surface area contributed by atoms with Crippen LogP contribution >= 0.6 is 0 Å². The summed E-state index contributed by atoms with van der Waals surface area (Å²) in [6.07, 6.45) is -3.76. The molecule has 0 amide bonds. The molecule has 0 unspecified atom stereocenters. The lowest BCUT2D eigenvalue weighted by atomic mass is 10.0. The van der Waals surface area contributed by atoms with Gasteiger partial charge < -0.3 is 10.6 Å². The maximum atomic E-state index is 14.3. The van der Waals surface area contributed by atoms with Gasteiger partial charge in [-0.25, -0.2) is 22.9 Å². The van der Waals surface area contributed by atoms with E-state index in [0.29, 0.717) is 5.56 Å². The zero-order chi connectivity index (χ0) is 25.1. The van der Waals surface area contributed by atoms with Gasteiger partial charge in [0.05, 0.1) is 22.7 Å². The topological polar surface area (TPSA) is 134 Å². The van der Waals surface area contributed by atoms with Crippen LogP contribution in [0.2, 0.25) is 0 Å². The summed E-state index contributed by atoms with van der Waals surface area (Å²) in [6, 6.07) is 9.21. The molecule has 0 atom stereocenters. The number of benzene rings is 2. The lowest BCUT2D eigenvalue weighted by molar-refractivity contribution is -0.137. The Balaban J connectivity index is 1.93. The van der Waals surface area contributed by atoms with Crippen molar-refractivity contribution in [2.45, 2.75) is 30.8 Å². The van der Waals surface area contributed by atoms with Crippen LogP contribution in [-0.2, 0) is 22.6 Å². The van der Waals surface area contributed by atoms with Crippen molar-refractivity contribution in [2.75, 3.05) is 10.6 Å². The maximum Gasteiger partial charge on any atom is 0.416 e. The van der Waals surface area contributed by atoms with Gasteiger partial charge in [0.2, 0.25) is 16.0 Å². The normalized spacial score (nSPS) is 11.7. The first-order valence-corrected chi connectivity index (χ1v) is 11.2. The first-order chi connectivity index (χ1) is 15.9. The van der Waals surface area contributed by atoms with Crippen molar-refractivity contribution in [3.63, 3.8) is 0 Å². The standard InChI is InChI=1S/C21H18F4N6O2S/c1-12-4-5-15(10-18(12)34(27,32)33)30-20-28-11-17(22)19(31-20)29-16-8-13(3-2-6-26)7-14(9-16)21(23,24)25/h4-5,7-11H,2-3H2,1H3,(H2,27,32,33)(H2,28,29,30,31). The highest BCUT2D eigenvalue weighted by molar-refractivity contribution is 7.89. The molecule has 1 heterocycles. The third-order valence-corrected chi connectivity index (χ3v) is 5.66. The Morgan fingerprint density at radius 3 is 2.50 bits per heavy atom. The number of aromatic nitrogens is 2. The third kappa shape index (κ3) is 6.18. The number of hydrogen-bond donors (Lipinski definition) is 3. The van der Waals surface area contributed by atoms with E-state index in [1.807, 2.05) is 6.07 Å². The molecule has 8 nitrogen and oxygen atoms in total. The van der Waals surface area contributed by atoms with E-state index >= 15 is 0 Å². The second kappa shape index (κ2) is 9.62. The number of halogens is 4. The number of nitrogens with two attached hydrogens (primary N) is 1. The van der Waals surface area contributed by atoms with Crippen LogP contribution in [0.3, 0.4) is 0 Å². The van der Waals surface area contributed by atoms with Gasteiger partial charge >= 0.3 is 6.18 Å². The van der Waals surface area contributed by atoms with Crippen molar-refractivity contribution < 1.29 is 26.0 Å². The van der Waals surface area contributed by atoms with Crippen LogP contribution in [0.1, 0.15) is 23.1 Å². The van der Waals surface area contributed by atoms with E-state index < -0.39 is 33.4 Å². The quantitative estimate of drug-likeness (QED) is 0.411. The van der Waals surface area contributed by atoms with Gasteiger partial charge in [-0.2, -0.15) is 23.4 Å². The highest BCUT2D eigenvalue weighted by atomic mass is 32.2. The third-order valence-electron chi connectivity index (χ3n) is 4.60. The zero-order valence-electron chi connectivity index (χ0n) is 17.6. The van der Waals surface area contributed by atoms with Gasteiger partial charge in [-0.15, -0.1) is 0 Å². The molecule has 178 valence electrons. The Hall–Kier alpha value is -3.76. The van der Waals surface area contributed by atoms with E-state index in [0.717, 1.165) is 18.3 Å². The molecule has 0 fully saturated rings. The minimum Gasteiger partial charge on any atom is -0.338 e. The average Bonchev–Trinajstić information content (AvgIpc) is 2.74. The smallest absolute Gasteiger partial charge is 0.338 e. The fourth-order valence-electron chi connectivity index (χ4n) is 3.04. The van der Waals surface area contributed by atoms with Crippen molar-refractivity contribution in [1.82, 2.24) is 9.97 Å². The summed E-state index contributed by atoms with van der Waals surface area (Å²) in [5, 5.41) is 19.1. The molecule has 0 aliphatic carbocycles. The molecule has 34 heavy (non-hydrogen) atoms. The van der Waals surface area contributed by atoms with E-state index in [2.05, 4.69) is 20.6 Å². The Labute approximate surface area is 192 Å². The first-order valence-electron chi connectivity index (χ1n) is 9.65. The fraction of sp³-hybridized carbons (Fsp3) is 0.190. The van der Waals surface area contributed by atoms with Crippen molar-refractivity contribution >= 4 is 33.2 Å². The Morgan fingerprint density at radius 2 is 1.85 bits per heavy atom. The SMILES string of the molecule is Cc1ccc(Nc2ncc(F)c(Nc3cc(CCC#N)cc(C(F)(F)F)c3)n2)cc1S(N)(=O)=O. The van der Waals surface area contributed by atoms with E-state index in [-0.39, 0.29) is 40.6 Å². The van der Waals surface area contributed by atoms with Gasteiger partial charge in [0.15, 0.2) is 11.6 Å². The Bertz CT molecular complexity index is 1370. The fourth-order valence-corrected chi connectivity index (χ4v) is 3.85. The number of nitrogens with zero attached hydrogens (tertiary/aromatic N) is 3. The van der Waals surface area contributed by atoms with Crippen molar-refractivity contribution in [3.8, 4) is 6.07 Å². The summed E-state index contributed by atoms with van der Waals surface area (Å²) < 4.78 is 77.6. The number of rotatable bonds is 7. The van der Waals surface area contributed by atoms with Gasteiger partial charge in [0, 0.05) is 17.8 Å². The van der Waals surface area contributed by atoms with Gasteiger partial charge in [-0.1, -0.05) is 6.07 Å². The highest BCUT2D eigenvalue weighted by Gasteiger charge is 2.31. The molecule has 0 aliphatic rings. The molecular weight excluding hydrogens is 476 g/mol. The zero-order valence-corrected chi connectivity index (χ0v) is 18.4. The van der Waals surface area contributed by atoms with Crippen LogP contribution in [0.4, 0.5) is 40.7 Å². The minimum atomic E-state index is -4.65. The molecule has 0 spiro atoms. The molecule has 0 bridgehead atoms. The number of anilines is 4. The number of sulfonamides is 1. The molecule has 0 saturated carbocycles. The molecule has 4 N–H and O–H groups in total. The van der Waals surface area contributed by atoms with Crippen LogP contribution < -0.4 is 15.8 Å². The van der Waals surface area contributed by atoms with Gasteiger partial charge in [0.1, 0.15) is 0 Å². The predicted octanol–water partition coefficient (Wildman–Crippen LogP) is 4.53. The Kier molecular flexibility index (Phi) is 7.04. The number of nitriles is 1. The second-order valence-corrected chi connectivity index (χ2v) is 8.77. The minimum absolute atomic E-state index is 0.00768. The molecule has 2 aromatic carbocycles. The summed E-state index contributed by atoms with van der Waals surface area (Å²) >= 11 is 0. The number of alkyl halides is 3. The van der Waals surface area contributed by atoms with Crippen LogP contribution in [0.25, 0.3) is 0 Å². The molecule has 3 rings (SSSR count). The summed E-state index contributed by atoms with van der Waals surface area (Å²) in [6.45, 7) is 1.56. The van der Waals surface area contributed by atoms with Crippen molar-refractivity contribution in [2.24, 2.45) is 5.14 Å². The van der Waals surface area contributed by atoms with Crippen LogP contribution in [0, 0.1) is 24.1 Å². The second-order valence-electron chi connectivity index (χ2n) is 7.24. The highest BCUT2D eigenvalue weighted by Crippen LogP contribution is 2.33. The number of primary sulfonamides is 1. The lowest BCUT2D eigenvalue weighted by Crippen LogP contribution is -2.14. The molecule has 1 aromatic heterocycles. The molecule has 0 saturated heterocycles. The maximum absolute atomic E-state index is 14.3. The summed E-state index contributed by atoms with van der Waals surface area (Å²) in [4.78, 5) is 7.58. The average molecular weight is 494 g/mol. The Morgan fingerprint density at radius 1 is 1.12 bits per heavy atom. The molecule has 0 radical (unpaired) electrons. The van der Waals surface area contributed by atoms with Gasteiger partial charge in [-0.3, -0.25) is 0 Å². The van der Waals surface area contributed by atoms with Crippen molar-refractivity contribution in [1.29, 1.82) is 5.26 Å². The summed E-state index contributed by atoms with van der Waals surface area (Å²) in [5.41, 5.74) is -0.161. The molecule has 3 aromatic rings. The lowest BCUT2D eigenvalue weighted by Gasteiger charge is -2.14. The summed E-state index contributed by atoms with van der Waals surface area (Å²) in [5.74, 6) is -1.50. The first kappa shape index (κ1) is 24.9. The van der Waals surface area contributed by atoms with E-state index in [1.54, 1.807) is 6.92 Å². The molecule has 0 aliphatic heterocycles. The summed E-state index contributed by atoms with van der Waals surface area (Å²) in [7, 11) is -4.00. The number of nitrogens with one attached hydrogen (secondary N) is 2. The number of hydrogen-bond acceptors (Lipinski definition) is 7. The van der Waals surface area contributed by atoms with E-state index in [4.69, 9.17) is 10.4 Å². The monoisotopic (exact) mass is 494 g/mol. The van der Waals surface area contributed by atoms with E-state index in [1.165, 1.54) is 24.3 Å². The van der Waals surface area contributed by atoms with Crippen LogP contribution in [0.15, 0.2) is 47.5 Å². The van der Waals surface area contributed by atoms with Crippen LogP contribution in [0.5, 0.6) is 0 Å².